The number of fused-ring (bicyclic) bond motifs is 1. The number of ketones is 1. The Balaban J connectivity index is 1.76. The van der Waals surface area contributed by atoms with E-state index < -0.39 is 0 Å². The Morgan fingerprint density at radius 1 is 1.14 bits per heavy atom. The molecule has 0 aliphatic carbocycles. The van der Waals surface area contributed by atoms with Gasteiger partial charge >= 0.3 is 0 Å². The maximum atomic E-state index is 13.0. The molecule has 0 bridgehead atoms. The lowest BCUT2D eigenvalue weighted by molar-refractivity contribution is 0.103. The zero-order valence-corrected chi connectivity index (χ0v) is 15.7. The first-order valence-electron chi connectivity index (χ1n) is 9.37. The van der Waals surface area contributed by atoms with Crippen molar-refractivity contribution in [1.29, 1.82) is 0 Å². The number of furan rings is 1. The van der Waals surface area contributed by atoms with Crippen molar-refractivity contribution in [3.8, 4) is 5.75 Å². The van der Waals surface area contributed by atoms with Gasteiger partial charge in [0.1, 0.15) is 18.1 Å². The van der Waals surface area contributed by atoms with Gasteiger partial charge in [-0.2, -0.15) is 5.10 Å². The van der Waals surface area contributed by atoms with Crippen molar-refractivity contribution in [3.63, 3.8) is 0 Å². The fraction of sp³-hybridized carbons (Fsp3) is 0.227. The van der Waals surface area contributed by atoms with E-state index in [-0.39, 0.29) is 5.78 Å². The number of ether oxygens (including phenoxy) is 1. The van der Waals surface area contributed by atoms with Crippen LogP contribution in [0.3, 0.4) is 0 Å². The molecule has 0 fully saturated rings. The van der Waals surface area contributed by atoms with Crippen LogP contribution in [0.5, 0.6) is 5.75 Å². The summed E-state index contributed by atoms with van der Waals surface area (Å²) in [6, 6.07) is 12.9. The fourth-order valence-corrected chi connectivity index (χ4v) is 3.05. The Kier molecular flexibility index (Phi) is 5.19. The summed E-state index contributed by atoms with van der Waals surface area (Å²) >= 11 is 0. The molecule has 0 spiro atoms. The molecule has 0 amide bonds. The van der Waals surface area contributed by atoms with Crippen LogP contribution in [-0.4, -0.2) is 27.2 Å². The van der Waals surface area contributed by atoms with E-state index in [9.17, 15) is 4.79 Å². The van der Waals surface area contributed by atoms with Crippen molar-refractivity contribution in [2.75, 3.05) is 6.61 Å². The summed E-state index contributed by atoms with van der Waals surface area (Å²) in [6.07, 6.45) is 6.83. The predicted octanol–water partition coefficient (Wildman–Crippen LogP) is 4.48. The molecule has 6 heteroatoms. The first-order valence-corrected chi connectivity index (χ1v) is 9.37. The molecule has 4 aromatic rings. The van der Waals surface area contributed by atoms with E-state index in [0.717, 1.165) is 24.0 Å². The molecule has 0 aliphatic rings. The zero-order valence-electron chi connectivity index (χ0n) is 15.7. The third-order valence-electron chi connectivity index (χ3n) is 4.53. The summed E-state index contributed by atoms with van der Waals surface area (Å²) in [7, 11) is 0. The van der Waals surface area contributed by atoms with Crippen LogP contribution in [0.25, 0.3) is 11.0 Å². The van der Waals surface area contributed by atoms with E-state index in [4.69, 9.17) is 9.15 Å². The van der Waals surface area contributed by atoms with Crippen molar-refractivity contribution >= 4 is 16.8 Å². The number of hydrogen-bond donors (Lipinski definition) is 0. The Bertz CT molecular complexity index is 1070. The molecule has 1 aromatic carbocycles. The number of carbonyl (C=O) groups excluding carboxylic acids is 1. The van der Waals surface area contributed by atoms with E-state index in [1.807, 2.05) is 30.3 Å². The van der Waals surface area contributed by atoms with Crippen LogP contribution in [-0.2, 0) is 6.54 Å². The maximum absolute atomic E-state index is 13.0. The van der Waals surface area contributed by atoms with Gasteiger partial charge in [-0.15, -0.1) is 0 Å². The molecule has 0 N–H and O–H groups in total. The lowest BCUT2D eigenvalue weighted by Gasteiger charge is -2.12. The Hall–Kier alpha value is -3.41. The highest BCUT2D eigenvalue weighted by Gasteiger charge is 2.21. The van der Waals surface area contributed by atoms with Gasteiger partial charge in [0, 0.05) is 11.8 Å². The average molecular weight is 375 g/mol. The van der Waals surface area contributed by atoms with E-state index in [1.54, 1.807) is 35.5 Å². The molecule has 0 atom stereocenters. The number of pyridine rings is 1. The highest BCUT2D eigenvalue weighted by Crippen LogP contribution is 2.30. The summed E-state index contributed by atoms with van der Waals surface area (Å²) in [5.41, 5.74) is 1.71. The first kappa shape index (κ1) is 18.0. The van der Waals surface area contributed by atoms with Crippen LogP contribution in [0.4, 0.5) is 0 Å². The van der Waals surface area contributed by atoms with E-state index in [0.29, 0.717) is 35.7 Å². The second kappa shape index (κ2) is 8.08. The quantitative estimate of drug-likeness (QED) is 0.335. The van der Waals surface area contributed by atoms with Crippen LogP contribution in [0, 0.1) is 0 Å². The van der Waals surface area contributed by atoms with Crippen LogP contribution < -0.4 is 4.74 Å². The van der Waals surface area contributed by atoms with Gasteiger partial charge in [-0.1, -0.05) is 43.7 Å². The number of unbranched alkanes of at least 4 members (excludes halogenated alkanes) is 1. The van der Waals surface area contributed by atoms with Gasteiger partial charge in [-0.3, -0.25) is 4.79 Å². The molecule has 0 radical (unpaired) electrons. The van der Waals surface area contributed by atoms with Crippen molar-refractivity contribution in [2.45, 2.75) is 26.3 Å². The van der Waals surface area contributed by atoms with Gasteiger partial charge in [-0.05, 0) is 18.6 Å². The molecule has 0 aliphatic heterocycles. The highest BCUT2D eigenvalue weighted by molar-refractivity contribution is 6.12. The van der Waals surface area contributed by atoms with Gasteiger partial charge in [0.05, 0.1) is 30.0 Å². The van der Waals surface area contributed by atoms with Crippen molar-refractivity contribution in [1.82, 2.24) is 14.8 Å². The Morgan fingerprint density at radius 2 is 2.00 bits per heavy atom. The fourth-order valence-electron chi connectivity index (χ4n) is 3.05. The second-order valence-electron chi connectivity index (χ2n) is 6.52. The van der Waals surface area contributed by atoms with E-state index in [2.05, 4.69) is 17.0 Å². The number of carbonyl (C=O) groups is 1. The minimum Gasteiger partial charge on any atom is -0.492 e. The van der Waals surface area contributed by atoms with E-state index in [1.165, 1.54) is 0 Å². The standard InChI is InChI=1S/C22H21N3O3/c1-2-3-11-28-21-18(20(26)16-8-5-4-6-9-16)13-23-22-19(21)14-24-25(22)15-17-10-7-12-27-17/h4-10,12-14H,2-3,11,15H2,1H3. The predicted molar refractivity (Wildman–Crippen MR) is 106 cm³/mol. The third kappa shape index (κ3) is 3.53. The minimum absolute atomic E-state index is 0.111. The SMILES string of the molecule is CCCCOc1c(C(=O)c2ccccc2)cnc2c1cnn2Cc1ccco1. The zero-order chi connectivity index (χ0) is 19.3. The average Bonchev–Trinajstić information content (AvgIpc) is 3.39. The van der Waals surface area contributed by atoms with Crippen LogP contribution in [0.15, 0.2) is 65.5 Å². The van der Waals surface area contributed by atoms with Gasteiger partial charge in [0.25, 0.3) is 0 Å². The second-order valence-corrected chi connectivity index (χ2v) is 6.52. The largest absolute Gasteiger partial charge is 0.492 e. The first-order chi connectivity index (χ1) is 13.8. The van der Waals surface area contributed by atoms with Gasteiger partial charge < -0.3 is 9.15 Å². The van der Waals surface area contributed by atoms with Crippen molar-refractivity contribution in [2.24, 2.45) is 0 Å². The lowest BCUT2D eigenvalue weighted by atomic mass is 10.0. The topological polar surface area (TPSA) is 70.2 Å². The smallest absolute Gasteiger partial charge is 0.198 e. The van der Waals surface area contributed by atoms with Gasteiger partial charge in [0.2, 0.25) is 0 Å². The monoisotopic (exact) mass is 375 g/mol. The van der Waals surface area contributed by atoms with E-state index >= 15 is 0 Å². The Morgan fingerprint density at radius 3 is 2.75 bits per heavy atom. The number of benzene rings is 1. The van der Waals surface area contributed by atoms with Crippen LogP contribution in [0.1, 0.15) is 41.4 Å². The molecule has 4 rings (SSSR count). The normalized spacial score (nSPS) is 11.0. The molecule has 3 aromatic heterocycles. The van der Waals surface area contributed by atoms with Crippen molar-refractivity contribution < 1.29 is 13.9 Å². The van der Waals surface area contributed by atoms with Gasteiger partial charge in [-0.25, -0.2) is 9.67 Å². The van der Waals surface area contributed by atoms with Crippen LogP contribution in [0.2, 0.25) is 0 Å². The van der Waals surface area contributed by atoms with Crippen LogP contribution >= 0.6 is 0 Å². The Labute approximate surface area is 162 Å². The summed E-state index contributed by atoms with van der Waals surface area (Å²) in [5, 5.41) is 5.16. The van der Waals surface area contributed by atoms with Crippen molar-refractivity contribution in [3.05, 3.63) is 78.0 Å². The molecule has 0 saturated carbocycles. The lowest BCUT2D eigenvalue weighted by Crippen LogP contribution is -2.08. The number of rotatable bonds is 8. The summed E-state index contributed by atoms with van der Waals surface area (Å²) in [4.78, 5) is 17.6. The molecule has 3 heterocycles. The molecular weight excluding hydrogens is 354 g/mol. The summed E-state index contributed by atoms with van der Waals surface area (Å²) < 4.78 is 13.2. The molecule has 28 heavy (non-hydrogen) atoms. The highest BCUT2D eigenvalue weighted by atomic mass is 16.5. The minimum atomic E-state index is -0.111. The number of hydrogen-bond acceptors (Lipinski definition) is 5. The molecule has 142 valence electrons. The summed E-state index contributed by atoms with van der Waals surface area (Å²) in [6.45, 7) is 3.10. The molecular formula is C22H21N3O3. The van der Waals surface area contributed by atoms with Gasteiger partial charge in [0.15, 0.2) is 11.4 Å². The molecule has 0 unspecified atom stereocenters. The maximum Gasteiger partial charge on any atom is 0.198 e. The summed E-state index contributed by atoms with van der Waals surface area (Å²) in [5.74, 6) is 1.21. The molecule has 0 saturated heterocycles. The third-order valence-corrected chi connectivity index (χ3v) is 4.53. The number of aromatic nitrogens is 3. The molecule has 6 nitrogen and oxygen atoms in total. The number of nitrogens with zero attached hydrogens (tertiary/aromatic N) is 3.